The van der Waals surface area contributed by atoms with Crippen molar-refractivity contribution in [3.8, 4) is 5.75 Å². The average Bonchev–Trinajstić information content (AvgIpc) is 2.60. The van der Waals surface area contributed by atoms with Gasteiger partial charge < -0.3 is 14.8 Å². The first-order chi connectivity index (χ1) is 11.9. The van der Waals surface area contributed by atoms with Gasteiger partial charge in [0, 0.05) is 5.69 Å². The number of hydrogen-bond acceptors (Lipinski definition) is 5. The lowest BCUT2D eigenvalue weighted by Gasteiger charge is -2.10. The maximum atomic E-state index is 13.2. The molecule has 2 rings (SSSR count). The Morgan fingerprint density at radius 1 is 1.08 bits per heavy atom. The van der Waals surface area contributed by atoms with Crippen LogP contribution in [0.4, 0.5) is 10.1 Å². The summed E-state index contributed by atoms with van der Waals surface area (Å²) in [5, 5.41) is 2.58. The normalized spacial score (nSPS) is 10.0. The van der Waals surface area contributed by atoms with Crippen LogP contribution in [0.1, 0.15) is 27.6 Å². The SMILES string of the molecule is COC(=O)c1ccc(NC(=O)COc2ccc(F)cc2C(C)=O)cc1. The molecule has 130 valence electrons. The molecule has 2 aromatic rings. The van der Waals surface area contributed by atoms with Gasteiger partial charge in [0.05, 0.1) is 18.2 Å². The maximum absolute atomic E-state index is 13.2. The van der Waals surface area contributed by atoms with Crippen molar-refractivity contribution in [2.75, 3.05) is 19.0 Å². The monoisotopic (exact) mass is 345 g/mol. The molecular formula is C18H16FNO5. The number of Topliss-reactive ketones (excluding diaryl/α,β-unsaturated/α-hetero) is 1. The Balaban J connectivity index is 1.97. The van der Waals surface area contributed by atoms with Crippen LogP contribution in [0.2, 0.25) is 0 Å². The molecule has 1 amide bonds. The van der Waals surface area contributed by atoms with E-state index < -0.39 is 17.7 Å². The molecule has 0 unspecified atom stereocenters. The fourth-order valence-electron chi connectivity index (χ4n) is 2.05. The molecule has 0 bridgehead atoms. The third kappa shape index (κ3) is 4.87. The van der Waals surface area contributed by atoms with Crippen molar-refractivity contribution in [3.05, 3.63) is 59.4 Å². The summed E-state index contributed by atoms with van der Waals surface area (Å²) < 4.78 is 23.1. The van der Waals surface area contributed by atoms with Crippen LogP contribution in [-0.2, 0) is 9.53 Å². The minimum absolute atomic E-state index is 0.0650. The Kier molecular flexibility index (Phi) is 5.84. The highest BCUT2D eigenvalue weighted by atomic mass is 19.1. The number of esters is 1. The molecule has 0 aromatic heterocycles. The highest BCUT2D eigenvalue weighted by molar-refractivity contribution is 5.97. The van der Waals surface area contributed by atoms with Gasteiger partial charge in [0.2, 0.25) is 0 Å². The molecule has 0 saturated carbocycles. The van der Waals surface area contributed by atoms with Gasteiger partial charge >= 0.3 is 5.97 Å². The molecule has 7 heteroatoms. The number of nitrogens with one attached hydrogen (secondary N) is 1. The number of rotatable bonds is 6. The zero-order chi connectivity index (χ0) is 18.4. The van der Waals surface area contributed by atoms with Crippen LogP contribution in [-0.4, -0.2) is 31.4 Å². The number of carbonyl (C=O) groups excluding carboxylic acids is 3. The van der Waals surface area contributed by atoms with E-state index in [1.807, 2.05) is 0 Å². The molecule has 0 atom stereocenters. The first kappa shape index (κ1) is 18.1. The maximum Gasteiger partial charge on any atom is 0.337 e. The second-order valence-electron chi connectivity index (χ2n) is 5.10. The summed E-state index contributed by atoms with van der Waals surface area (Å²) in [5.41, 5.74) is 0.886. The Morgan fingerprint density at radius 3 is 2.36 bits per heavy atom. The summed E-state index contributed by atoms with van der Waals surface area (Å²) in [6.07, 6.45) is 0. The van der Waals surface area contributed by atoms with Gasteiger partial charge in [0.15, 0.2) is 12.4 Å². The van der Waals surface area contributed by atoms with Gasteiger partial charge in [-0.25, -0.2) is 9.18 Å². The van der Waals surface area contributed by atoms with E-state index in [9.17, 15) is 18.8 Å². The van der Waals surface area contributed by atoms with E-state index in [1.54, 1.807) is 12.1 Å². The molecule has 0 aliphatic heterocycles. The fourth-order valence-corrected chi connectivity index (χ4v) is 2.05. The summed E-state index contributed by atoms with van der Waals surface area (Å²) in [6.45, 7) is 0.926. The second-order valence-corrected chi connectivity index (χ2v) is 5.10. The molecule has 2 aromatic carbocycles. The van der Waals surface area contributed by atoms with E-state index in [0.717, 1.165) is 12.1 Å². The van der Waals surface area contributed by atoms with Crippen molar-refractivity contribution in [2.45, 2.75) is 6.92 Å². The first-order valence-corrected chi connectivity index (χ1v) is 7.32. The molecule has 0 aliphatic rings. The summed E-state index contributed by atoms with van der Waals surface area (Å²) in [5.74, 6) is -1.75. The molecule has 0 aliphatic carbocycles. The number of ketones is 1. The summed E-state index contributed by atoms with van der Waals surface area (Å²) in [7, 11) is 1.28. The minimum Gasteiger partial charge on any atom is -0.483 e. The van der Waals surface area contributed by atoms with Crippen LogP contribution >= 0.6 is 0 Å². The Morgan fingerprint density at radius 2 is 1.76 bits per heavy atom. The molecule has 0 heterocycles. The number of ether oxygens (including phenoxy) is 2. The Hall–Kier alpha value is -3.22. The number of methoxy groups -OCH3 is 1. The predicted octanol–water partition coefficient (Wildman–Crippen LogP) is 2.83. The van der Waals surface area contributed by atoms with Crippen LogP contribution in [0.5, 0.6) is 5.75 Å². The van der Waals surface area contributed by atoms with E-state index in [0.29, 0.717) is 11.3 Å². The molecule has 6 nitrogen and oxygen atoms in total. The van der Waals surface area contributed by atoms with Crippen molar-refractivity contribution >= 4 is 23.3 Å². The van der Waals surface area contributed by atoms with Gasteiger partial charge in [-0.05, 0) is 49.4 Å². The molecule has 0 radical (unpaired) electrons. The van der Waals surface area contributed by atoms with Crippen molar-refractivity contribution in [2.24, 2.45) is 0 Å². The molecule has 0 spiro atoms. The van der Waals surface area contributed by atoms with Gasteiger partial charge in [-0.2, -0.15) is 0 Å². The topological polar surface area (TPSA) is 81.7 Å². The third-order valence-corrected chi connectivity index (χ3v) is 3.27. The Bertz CT molecular complexity index is 802. The number of hydrogen-bond donors (Lipinski definition) is 1. The van der Waals surface area contributed by atoms with Gasteiger partial charge in [0.1, 0.15) is 11.6 Å². The smallest absolute Gasteiger partial charge is 0.337 e. The van der Waals surface area contributed by atoms with Crippen molar-refractivity contribution in [1.82, 2.24) is 0 Å². The minimum atomic E-state index is -0.562. The standard InChI is InChI=1S/C18H16FNO5/c1-11(21)15-9-13(19)5-8-16(15)25-10-17(22)20-14-6-3-12(4-7-14)18(23)24-2/h3-9H,10H2,1-2H3,(H,20,22). The summed E-state index contributed by atoms with van der Waals surface area (Å²) in [4.78, 5) is 34.7. The number of halogens is 1. The van der Waals surface area contributed by atoms with Crippen LogP contribution in [0, 0.1) is 5.82 Å². The van der Waals surface area contributed by atoms with E-state index >= 15 is 0 Å². The summed E-state index contributed by atoms with van der Waals surface area (Å²) in [6, 6.07) is 9.61. The van der Waals surface area contributed by atoms with E-state index in [2.05, 4.69) is 10.1 Å². The molecule has 0 saturated heterocycles. The van der Waals surface area contributed by atoms with Gasteiger partial charge in [-0.3, -0.25) is 9.59 Å². The zero-order valence-electron chi connectivity index (χ0n) is 13.7. The van der Waals surface area contributed by atoms with Crippen LogP contribution in [0.15, 0.2) is 42.5 Å². The summed E-state index contributed by atoms with van der Waals surface area (Å²) >= 11 is 0. The largest absolute Gasteiger partial charge is 0.483 e. The number of amides is 1. The highest BCUT2D eigenvalue weighted by Gasteiger charge is 2.12. The van der Waals surface area contributed by atoms with Crippen molar-refractivity contribution in [1.29, 1.82) is 0 Å². The van der Waals surface area contributed by atoms with Crippen molar-refractivity contribution < 1.29 is 28.2 Å². The molecular weight excluding hydrogens is 329 g/mol. The molecule has 0 fully saturated rings. The van der Waals surface area contributed by atoms with E-state index in [1.165, 1.54) is 32.2 Å². The first-order valence-electron chi connectivity index (χ1n) is 7.32. The third-order valence-electron chi connectivity index (χ3n) is 3.27. The van der Waals surface area contributed by atoms with Gasteiger partial charge in [0.25, 0.3) is 5.91 Å². The van der Waals surface area contributed by atoms with Crippen molar-refractivity contribution in [3.63, 3.8) is 0 Å². The van der Waals surface area contributed by atoms with Crippen LogP contribution in [0.3, 0.4) is 0 Å². The number of anilines is 1. The zero-order valence-corrected chi connectivity index (χ0v) is 13.7. The van der Waals surface area contributed by atoms with E-state index in [-0.39, 0.29) is 23.7 Å². The lowest BCUT2D eigenvalue weighted by atomic mass is 10.1. The second kappa shape index (κ2) is 8.05. The van der Waals surface area contributed by atoms with Crippen LogP contribution < -0.4 is 10.1 Å². The Labute approximate surface area is 143 Å². The lowest BCUT2D eigenvalue weighted by molar-refractivity contribution is -0.118. The van der Waals surface area contributed by atoms with Gasteiger partial charge in [-0.1, -0.05) is 0 Å². The predicted molar refractivity (Wildman–Crippen MR) is 88.3 cm³/mol. The quantitative estimate of drug-likeness (QED) is 0.643. The molecule has 1 N–H and O–H groups in total. The fraction of sp³-hybridized carbons (Fsp3) is 0.167. The number of carbonyl (C=O) groups is 3. The average molecular weight is 345 g/mol. The molecule has 25 heavy (non-hydrogen) atoms. The van der Waals surface area contributed by atoms with Gasteiger partial charge in [-0.15, -0.1) is 0 Å². The lowest BCUT2D eigenvalue weighted by Crippen LogP contribution is -2.20. The highest BCUT2D eigenvalue weighted by Crippen LogP contribution is 2.20. The van der Waals surface area contributed by atoms with E-state index in [4.69, 9.17) is 4.74 Å². The number of benzene rings is 2. The van der Waals surface area contributed by atoms with Crippen LogP contribution in [0.25, 0.3) is 0 Å².